The SMILES string of the molecule is CCOC(C)OCC(C)O. The normalized spacial score (nSPS) is 16.8. The number of aliphatic hydroxyl groups excluding tert-OH is 1. The van der Waals surface area contributed by atoms with E-state index < -0.39 is 6.10 Å². The van der Waals surface area contributed by atoms with Crippen LogP contribution in [0.15, 0.2) is 0 Å². The van der Waals surface area contributed by atoms with Gasteiger partial charge in [0, 0.05) is 6.61 Å². The van der Waals surface area contributed by atoms with Gasteiger partial charge < -0.3 is 14.6 Å². The first-order valence-corrected chi connectivity index (χ1v) is 3.58. The average Bonchev–Trinajstić information content (AvgIpc) is 1.85. The summed E-state index contributed by atoms with van der Waals surface area (Å²) in [6, 6.07) is 0. The van der Waals surface area contributed by atoms with E-state index >= 15 is 0 Å². The van der Waals surface area contributed by atoms with Gasteiger partial charge in [0.15, 0.2) is 6.29 Å². The molecule has 0 saturated heterocycles. The molecule has 0 rings (SSSR count). The zero-order chi connectivity index (χ0) is 7.98. The Morgan fingerprint density at radius 2 is 1.90 bits per heavy atom. The molecular weight excluding hydrogens is 132 g/mol. The van der Waals surface area contributed by atoms with Crippen LogP contribution >= 0.6 is 0 Å². The summed E-state index contributed by atoms with van der Waals surface area (Å²) in [5.74, 6) is 0. The second-order valence-corrected chi connectivity index (χ2v) is 2.21. The highest BCUT2D eigenvalue weighted by molar-refractivity contribution is 4.41. The molecular formula is C7H16O3. The highest BCUT2D eigenvalue weighted by Crippen LogP contribution is 1.93. The minimum Gasteiger partial charge on any atom is -0.391 e. The van der Waals surface area contributed by atoms with Gasteiger partial charge in [0.2, 0.25) is 0 Å². The van der Waals surface area contributed by atoms with Gasteiger partial charge in [-0.25, -0.2) is 0 Å². The molecule has 0 aromatic carbocycles. The standard InChI is InChI=1S/C7H16O3/c1-4-9-7(3)10-5-6(2)8/h6-8H,4-5H2,1-3H3. The summed E-state index contributed by atoms with van der Waals surface area (Å²) >= 11 is 0. The monoisotopic (exact) mass is 148 g/mol. The second kappa shape index (κ2) is 5.65. The van der Waals surface area contributed by atoms with E-state index in [1.165, 1.54) is 0 Å². The molecule has 0 fully saturated rings. The molecule has 0 saturated carbocycles. The molecule has 62 valence electrons. The fourth-order valence-electron chi connectivity index (χ4n) is 0.558. The van der Waals surface area contributed by atoms with Crippen molar-refractivity contribution in [2.45, 2.75) is 33.2 Å². The molecule has 2 atom stereocenters. The van der Waals surface area contributed by atoms with Crippen molar-refractivity contribution in [3.8, 4) is 0 Å². The van der Waals surface area contributed by atoms with Crippen LogP contribution in [0.4, 0.5) is 0 Å². The highest BCUT2D eigenvalue weighted by Gasteiger charge is 2.01. The molecule has 0 heterocycles. The predicted molar refractivity (Wildman–Crippen MR) is 38.7 cm³/mol. The van der Waals surface area contributed by atoms with E-state index in [1.807, 2.05) is 13.8 Å². The number of hydrogen-bond acceptors (Lipinski definition) is 3. The van der Waals surface area contributed by atoms with Gasteiger partial charge in [0.1, 0.15) is 0 Å². The van der Waals surface area contributed by atoms with E-state index in [1.54, 1.807) is 6.92 Å². The third kappa shape index (κ3) is 6.01. The molecule has 0 spiro atoms. The van der Waals surface area contributed by atoms with Gasteiger partial charge in [-0.1, -0.05) is 0 Å². The Labute approximate surface area is 62.0 Å². The van der Waals surface area contributed by atoms with E-state index in [0.717, 1.165) is 0 Å². The number of hydrogen-bond donors (Lipinski definition) is 1. The van der Waals surface area contributed by atoms with Gasteiger partial charge in [-0.15, -0.1) is 0 Å². The summed E-state index contributed by atoms with van der Waals surface area (Å²) in [6.45, 7) is 6.37. The molecule has 0 bridgehead atoms. The summed E-state index contributed by atoms with van der Waals surface area (Å²) in [5, 5.41) is 8.79. The van der Waals surface area contributed by atoms with Crippen LogP contribution in [-0.2, 0) is 9.47 Å². The van der Waals surface area contributed by atoms with Gasteiger partial charge in [-0.3, -0.25) is 0 Å². The average molecular weight is 148 g/mol. The third-order valence-corrected chi connectivity index (χ3v) is 0.974. The minimum atomic E-state index is -0.414. The highest BCUT2D eigenvalue weighted by atomic mass is 16.7. The van der Waals surface area contributed by atoms with Crippen molar-refractivity contribution in [1.82, 2.24) is 0 Å². The molecule has 0 aliphatic carbocycles. The van der Waals surface area contributed by atoms with E-state index in [0.29, 0.717) is 13.2 Å². The maximum Gasteiger partial charge on any atom is 0.154 e. The quantitative estimate of drug-likeness (QED) is 0.585. The molecule has 3 heteroatoms. The Hall–Kier alpha value is -0.120. The first-order valence-electron chi connectivity index (χ1n) is 3.58. The maximum atomic E-state index is 8.79. The Balaban J connectivity index is 3.12. The van der Waals surface area contributed by atoms with Crippen LogP contribution in [0.3, 0.4) is 0 Å². The second-order valence-electron chi connectivity index (χ2n) is 2.21. The van der Waals surface area contributed by atoms with E-state index in [9.17, 15) is 0 Å². The topological polar surface area (TPSA) is 38.7 Å². The van der Waals surface area contributed by atoms with Crippen LogP contribution in [0.2, 0.25) is 0 Å². The molecule has 0 aliphatic heterocycles. The van der Waals surface area contributed by atoms with Gasteiger partial charge in [0.25, 0.3) is 0 Å². The van der Waals surface area contributed by atoms with Gasteiger partial charge in [0.05, 0.1) is 12.7 Å². The molecule has 0 aliphatic rings. The third-order valence-electron chi connectivity index (χ3n) is 0.974. The van der Waals surface area contributed by atoms with Crippen molar-refractivity contribution in [2.75, 3.05) is 13.2 Å². The largest absolute Gasteiger partial charge is 0.391 e. The molecule has 0 aromatic rings. The van der Waals surface area contributed by atoms with Gasteiger partial charge in [-0.2, -0.15) is 0 Å². The fraction of sp³-hybridized carbons (Fsp3) is 1.00. The molecule has 3 nitrogen and oxygen atoms in total. The molecule has 1 N–H and O–H groups in total. The van der Waals surface area contributed by atoms with Crippen LogP contribution in [0.25, 0.3) is 0 Å². The van der Waals surface area contributed by atoms with Crippen LogP contribution in [0.1, 0.15) is 20.8 Å². The molecule has 0 aromatic heterocycles. The Bertz CT molecular complexity index is 73.3. The summed E-state index contributed by atoms with van der Waals surface area (Å²) in [6.07, 6.45) is -0.623. The van der Waals surface area contributed by atoms with Crippen LogP contribution < -0.4 is 0 Å². The molecule has 2 unspecified atom stereocenters. The van der Waals surface area contributed by atoms with Gasteiger partial charge in [-0.05, 0) is 20.8 Å². The van der Waals surface area contributed by atoms with Crippen molar-refractivity contribution in [1.29, 1.82) is 0 Å². The molecule has 10 heavy (non-hydrogen) atoms. The number of rotatable bonds is 5. The lowest BCUT2D eigenvalue weighted by Gasteiger charge is -2.13. The lowest BCUT2D eigenvalue weighted by atomic mass is 10.4. The fourth-order valence-corrected chi connectivity index (χ4v) is 0.558. The summed E-state index contributed by atoms with van der Waals surface area (Å²) in [7, 11) is 0. The van der Waals surface area contributed by atoms with Crippen molar-refractivity contribution in [3.63, 3.8) is 0 Å². The Kier molecular flexibility index (Phi) is 5.58. The molecule has 0 radical (unpaired) electrons. The van der Waals surface area contributed by atoms with E-state index in [4.69, 9.17) is 14.6 Å². The van der Waals surface area contributed by atoms with E-state index in [2.05, 4.69) is 0 Å². The zero-order valence-electron chi connectivity index (χ0n) is 6.83. The molecule has 0 amide bonds. The van der Waals surface area contributed by atoms with Crippen LogP contribution in [-0.4, -0.2) is 30.7 Å². The lowest BCUT2D eigenvalue weighted by molar-refractivity contribution is -0.141. The first-order chi connectivity index (χ1) is 4.66. The zero-order valence-corrected chi connectivity index (χ0v) is 6.83. The summed E-state index contributed by atoms with van der Waals surface area (Å²) in [5.41, 5.74) is 0. The van der Waals surface area contributed by atoms with Crippen molar-refractivity contribution >= 4 is 0 Å². The number of aliphatic hydroxyl groups is 1. The van der Waals surface area contributed by atoms with Gasteiger partial charge >= 0.3 is 0 Å². The van der Waals surface area contributed by atoms with Crippen LogP contribution in [0, 0.1) is 0 Å². The summed E-state index contributed by atoms with van der Waals surface area (Å²) < 4.78 is 10.1. The first kappa shape index (κ1) is 9.88. The predicted octanol–water partition coefficient (Wildman–Crippen LogP) is 0.766. The Morgan fingerprint density at radius 3 is 2.30 bits per heavy atom. The minimum absolute atomic E-state index is 0.209. The lowest BCUT2D eigenvalue weighted by Crippen LogP contribution is -2.19. The van der Waals surface area contributed by atoms with E-state index in [-0.39, 0.29) is 6.29 Å². The number of ether oxygens (including phenoxy) is 2. The maximum absolute atomic E-state index is 8.79. The van der Waals surface area contributed by atoms with Crippen LogP contribution in [0.5, 0.6) is 0 Å². The smallest absolute Gasteiger partial charge is 0.154 e. The van der Waals surface area contributed by atoms with Crippen molar-refractivity contribution < 1.29 is 14.6 Å². The van der Waals surface area contributed by atoms with Crippen molar-refractivity contribution in [2.24, 2.45) is 0 Å². The van der Waals surface area contributed by atoms with Crippen molar-refractivity contribution in [3.05, 3.63) is 0 Å². The Morgan fingerprint density at radius 1 is 1.30 bits per heavy atom. The summed E-state index contributed by atoms with van der Waals surface area (Å²) in [4.78, 5) is 0.